The third-order valence-electron chi connectivity index (χ3n) is 5.89. The lowest BCUT2D eigenvalue weighted by Crippen LogP contribution is -2.40. The van der Waals surface area contributed by atoms with Crippen LogP contribution in [-0.4, -0.2) is 52.5 Å². The minimum absolute atomic E-state index is 0.0191. The van der Waals surface area contributed by atoms with Crippen LogP contribution >= 0.6 is 0 Å². The Morgan fingerprint density at radius 3 is 2.69 bits per heavy atom. The van der Waals surface area contributed by atoms with Gasteiger partial charge in [-0.15, -0.1) is 0 Å². The molecular formula is C24H36N4O. The van der Waals surface area contributed by atoms with Crippen molar-refractivity contribution in [2.24, 2.45) is 0 Å². The van der Waals surface area contributed by atoms with Crippen LogP contribution in [0.1, 0.15) is 59.4 Å². The number of hydrogen-bond acceptors (Lipinski definition) is 2. The Bertz CT molecular complexity index is 865. The zero-order chi connectivity index (χ0) is 21.0. The number of rotatable bonds is 7. The van der Waals surface area contributed by atoms with Crippen LogP contribution in [0.3, 0.4) is 0 Å². The first kappa shape index (κ1) is 21.4. The molecule has 0 spiro atoms. The van der Waals surface area contributed by atoms with Gasteiger partial charge in [0.25, 0.3) is 0 Å². The summed E-state index contributed by atoms with van der Waals surface area (Å²) >= 11 is 0. The van der Waals surface area contributed by atoms with Gasteiger partial charge in [-0.1, -0.05) is 19.4 Å². The van der Waals surface area contributed by atoms with Crippen molar-refractivity contribution in [2.45, 2.75) is 66.0 Å². The number of hydrogen-bond donors (Lipinski definition) is 2. The predicted molar refractivity (Wildman–Crippen MR) is 123 cm³/mol. The van der Waals surface area contributed by atoms with Crippen molar-refractivity contribution in [3.05, 3.63) is 36.0 Å². The average molecular weight is 397 g/mol. The second-order valence-corrected chi connectivity index (χ2v) is 8.60. The Balaban J connectivity index is 1.80. The van der Waals surface area contributed by atoms with Gasteiger partial charge in [0.05, 0.1) is 0 Å². The molecule has 158 valence electrons. The van der Waals surface area contributed by atoms with Gasteiger partial charge in [0, 0.05) is 60.1 Å². The lowest BCUT2D eigenvalue weighted by molar-refractivity contribution is 0.196. The fourth-order valence-electron chi connectivity index (χ4n) is 3.98. The van der Waals surface area contributed by atoms with E-state index in [1.807, 2.05) is 11.0 Å². The van der Waals surface area contributed by atoms with Crippen LogP contribution in [0, 0.1) is 0 Å². The number of H-pyrrole nitrogens is 1. The Labute approximate surface area is 175 Å². The van der Waals surface area contributed by atoms with Gasteiger partial charge in [0.2, 0.25) is 0 Å². The van der Waals surface area contributed by atoms with Crippen LogP contribution in [0.25, 0.3) is 16.5 Å². The normalized spacial score (nSPS) is 15.2. The minimum atomic E-state index is -0.0191. The maximum Gasteiger partial charge on any atom is 0.322 e. The smallest absolute Gasteiger partial charge is 0.322 e. The molecule has 1 aromatic heterocycles. The van der Waals surface area contributed by atoms with E-state index in [0.717, 1.165) is 50.1 Å². The molecule has 0 unspecified atom stereocenters. The Kier molecular flexibility index (Phi) is 7.01. The maximum atomic E-state index is 12.8. The largest absolute Gasteiger partial charge is 0.361 e. The molecule has 2 amide bonds. The number of urea groups is 1. The highest BCUT2D eigenvalue weighted by atomic mass is 16.2. The molecule has 0 atom stereocenters. The van der Waals surface area contributed by atoms with Gasteiger partial charge in [-0.05, 0) is 64.3 Å². The third kappa shape index (κ3) is 5.02. The number of unbranched alkanes of at least 4 members (excludes halogenated alkanes) is 1. The van der Waals surface area contributed by atoms with Crippen LogP contribution in [-0.2, 0) is 0 Å². The first-order valence-electron chi connectivity index (χ1n) is 11.0. The molecule has 0 saturated heterocycles. The van der Waals surface area contributed by atoms with Gasteiger partial charge in [-0.2, -0.15) is 0 Å². The van der Waals surface area contributed by atoms with Gasteiger partial charge < -0.3 is 15.2 Å². The summed E-state index contributed by atoms with van der Waals surface area (Å²) in [6, 6.07) is 6.89. The maximum absolute atomic E-state index is 12.8. The molecule has 0 radical (unpaired) electrons. The number of benzene rings is 1. The third-order valence-corrected chi connectivity index (χ3v) is 5.89. The molecule has 29 heavy (non-hydrogen) atoms. The van der Waals surface area contributed by atoms with Crippen LogP contribution in [0.5, 0.6) is 0 Å². The lowest BCUT2D eigenvalue weighted by atomic mass is 9.98. The van der Waals surface area contributed by atoms with E-state index in [1.165, 1.54) is 16.5 Å². The molecule has 3 rings (SSSR count). The van der Waals surface area contributed by atoms with Gasteiger partial charge in [0.15, 0.2) is 0 Å². The molecule has 1 aliphatic heterocycles. The number of carbonyl (C=O) groups is 1. The first-order chi connectivity index (χ1) is 13.9. The second kappa shape index (κ2) is 9.49. The number of nitrogens with zero attached hydrogens (tertiary/aromatic N) is 2. The van der Waals surface area contributed by atoms with Crippen LogP contribution < -0.4 is 5.32 Å². The number of aromatic amines is 1. The van der Waals surface area contributed by atoms with E-state index in [-0.39, 0.29) is 12.1 Å². The van der Waals surface area contributed by atoms with Crippen LogP contribution in [0.15, 0.2) is 30.5 Å². The van der Waals surface area contributed by atoms with Crippen LogP contribution in [0.2, 0.25) is 0 Å². The molecule has 2 aromatic rings. The predicted octanol–water partition coefficient (Wildman–Crippen LogP) is 5.71. The van der Waals surface area contributed by atoms with Gasteiger partial charge >= 0.3 is 6.03 Å². The van der Waals surface area contributed by atoms with Crippen molar-refractivity contribution >= 4 is 28.2 Å². The summed E-state index contributed by atoms with van der Waals surface area (Å²) < 4.78 is 0. The van der Waals surface area contributed by atoms with Crippen LogP contribution in [0.4, 0.5) is 10.5 Å². The zero-order valence-electron chi connectivity index (χ0n) is 18.6. The molecular weight excluding hydrogens is 360 g/mol. The quantitative estimate of drug-likeness (QED) is 0.630. The summed E-state index contributed by atoms with van der Waals surface area (Å²) in [7, 11) is 0. The van der Waals surface area contributed by atoms with Crippen molar-refractivity contribution in [1.29, 1.82) is 0 Å². The average Bonchev–Trinajstić information content (AvgIpc) is 3.11. The summed E-state index contributed by atoms with van der Waals surface area (Å²) in [5, 5.41) is 4.29. The van der Waals surface area contributed by atoms with E-state index < -0.39 is 0 Å². The molecule has 1 aromatic carbocycles. The molecule has 2 heterocycles. The van der Waals surface area contributed by atoms with E-state index in [0.29, 0.717) is 6.04 Å². The van der Waals surface area contributed by atoms with E-state index in [2.05, 4.69) is 74.2 Å². The summed E-state index contributed by atoms with van der Waals surface area (Å²) in [5.74, 6) is 0. The molecule has 0 aliphatic carbocycles. The molecule has 0 saturated carbocycles. The summed E-state index contributed by atoms with van der Waals surface area (Å²) in [5.41, 5.74) is 4.61. The van der Waals surface area contributed by atoms with Gasteiger partial charge in [0.1, 0.15) is 0 Å². The Hall–Kier alpha value is -2.27. The monoisotopic (exact) mass is 396 g/mol. The standard InChI is InChI=1S/C24H36N4O/c1-6-7-12-28(18(4)5)24(29)26-20-8-9-23-21(15-20)22(16-25-23)19-10-13-27(14-11-19)17(2)3/h8-10,15-18,25H,6-7,11-14H2,1-5H3,(H,26,29). The number of nitrogens with one attached hydrogen (secondary N) is 2. The van der Waals surface area contributed by atoms with E-state index >= 15 is 0 Å². The first-order valence-corrected chi connectivity index (χ1v) is 11.0. The molecule has 5 heteroatoms. The topological polar surface area (TPSA) is 51.4 Å². The van der Waals surface area contributed by atoms with Crippen molar-refractivity contribution < 1.29 is 4.79 Å². The fraction of sp³-hybridized carbons (Fsp3) is 0.542. The second-order valence-electron chi connectivity index (χ2n) is 8.60. The number of anilines is 1. The van der Waals surface area contributed by atoms with Gasteiger partial charge in [-0.25, -0.2) is 4.79 Å². The highest BCUT2D eigenvalue weighted by Crippen LogP contribution is 2.31. The number of amides is 2. The summed E-state index contributed by atoms with van der Waals surface area (Å²) in [6.45, 7) is 13.7. The molecule has 1 aliphatic rings. The number of carbonyl (C=O) groups excluding carboxylic acids is 1. The summed E-state index contributed by atoms with van der Waals surface area (Å²) in [6.07, 6.45) is 7.62. The Morgan fingerprint density at radius 2 is 2.07 bits per heavy atom. The van der Waals surface area contributed by atoms with Gasteiger partial charge in [-0.3, -0.25) is 4.90 Å². The van der Waals surface area contributed by atoms with E-state index in [1.54, 1.807) is 0 Å². The van der Waals surface area contributed by atoms with Crippen molar-refractivity contribution in [3.63, 3.8) is 0 Å². The fourth-order valence-corrected chi connectivity index (χ4v) is 3.98. The molecule has 5 nitrogen and oxygen atoms in total. The van der Waals surface area contributed by atoms with Crippen molar-refractivity contribution in [1.82, 2.24) is 14.8 Å². The van der Waals surface area contributed by atoms with E-state index in [4.69, 9.17) is 0 Å². The lowest BCUT2D eigenvalue weighted by Gasteiger charge is -2.29. The Morgan fingerprint density at radius 1 is 1.28 bits per heavy atom. The van der Waals surface area contributed by atoms with Crippen molar-refractivity contribution in [2.75, 3.05) is 25.0 Å². The highest BCUT2D eigenvalue weighted by Gasteiger charge is 2.19. The highest BCUT2D eigenvalue weighted by molar-refractivity contribution is 5.97. The van der Waals surface area contributed by atoms with Crippen molar-refractivity contribution in [3.8, 4) is 0 Å². The number of aromatic nitrogens is 1. The molecule has 0 bridgehead atoms. The molecule has 0 fully saturated rings. The zero-order valence-corrected chi connectivity index (χ0v) is 18.6. The minimum Gasteiger partial charge on any atom is -0.361 e. The summed E-state index contributed by atoms with van der Waals surface area (Å²) in [4.78, 5) is 20.6. The molecule has 2 N–H and O–H groups in total. The van der Waals surface area contributed by atoms with E-state index in [9.17, 15) is 4.79 Å². The SMILES string of the molecule is CCCCN(C(=O)Nc1ccc2[nH]cc(C3=CCN(C(C)C)CC3)c2c1)C(C)C. The number of fused-ring (bicyclic) bond motifs is 1.